The molecule has 0 aliphatic carbocycles. The Bertz CT molecular complexity index is 1160. The summed E-state index contributed by atoms with van der Waals surface area (Å²) in [6, 6.07) is 13.5. The van der Waals surface area contributed by atoms with Gasteiger partial charge in [0.2, 0.25) is 0 Å². The zero-order chi connectivity index (χ0) is 21.3. The van der Waals surface area contributed by atoms with Crippen molar-refractivity contribution in [3.05, 3.63) is 66.4 Å². The van der Waals surface area contributed by atoms with Gasteiger partial charge in [-0.05, 0) is 50.1 Å². The SMILES string of the molecule is CC(C)C(NC(=O)c1cc(-c2cccnc2)n[nH]1)c1nc2ccccc2n1C(C)C. The smallest absolute Gasteiger partial charge is 0.269 e. The number of aromatic nitrogens is 5. The number of carbonyl (C=O) groups excluding carboxylic acids is 1. The maximum Gasteiger partial charge on any atom is 0.269 e. The number of hydrogen-bond donors (Lipinski definition) is 2. The normalized spacial score (nSPS) is 12.6. The van der Waals surface area contributed by atoms with E-state index in [4.69, 9.17) is 4.98 Å². The van der Waals surface area contributed by atoms with Crippen LogP contribution in [0.2, 0.25) is 0 Å². The van der Waals surface area contributed by atoms with E-state index in [2.05, 4.69) is 58.8 Å². The number of nitrogens with one attached hydrogen (secondary N) is 2. The predicted octanol–water partition coefficient (Wildman–Crippen LogP) is 4.53. The van der Waals surface area contributed by atoms with Gasteiger partial charge in [-0.25, -0.2) is 4.98 Å². The zero-order valence-electron chi connectivity index (χ0n) is 17.6. The molecule has 0 aliphatic rings. The molecule has 4 aromatic rings. The molecule has 3 aromatic heterocycles. The van der Waals surface area contributed by atoms with Crippen LogP contribution in [0.25, 0.3) is 22.3 Å². The summed E-state index contributed by atoms with van der Waals surface area (Å²) in [5, 5.41) is 10.3. The number of nitrogens with zero attached hydrogens (tertiary/aromatic N) is 4. The molecule has 1 atom stereocenters. The molecule has 0 saturated carbocycles. The first kappa shape index (κ1) is 19.8. The lowest BCUT2D eigenvalue weighted by Gasteiger charge is -2.24. The molecule has 2 N–H and O–H groups in total. The second-order valence-corrected chi connectivity index (χ2v) is 8.03. The molecule has 4 rings (SSSR count). The summed E-state index contributed by atoms with van der Waals surface area (Å²) in [7, 11) is 0. The van der Waals surface area contributed by atoms with Gasteiger partial charge in [0, 0.05) is 24.0 Å². The average molecular weight is 403 g/mol. The van der Waals surface area contributed by atoms with Crippen molar-refractivity contribution in [1.29, 1.82) is 0 Å². The molecule has 30 heavy (non-hydrogen) atoms. The Kier molecular flexibility index (Phi) is 5.35. The Hall–Kier alpha value is -3.48. The van der Waals surface area contributed by atoms with Crippen LogP contribution in [0, 0.1) is 5.92 Å². The first-order valence-corrected chi connectivity index (χ1v) is 10.2. The minimum absolute atomic E-state index is 0.156. The van der Waals surface area contributed by atoms with Crippen molar-refractivity contribution in [2.45, 2.75) is 39.8 Å². The van der Waals surface area contributed by atoms with E-state index in [-0.39, 0.29) is 23.9 Å². The van der Waals surface area contributed by atoms with Crippen molar-refractivity contribution < 1.29 is 4.79 Å². The molecule has 1 aromatic carbocycles. The number of benzene rings is 1. The first-order valence-electron chi connectivity index (χ1n) is 10.2. The Morgan fingerprint density at radius 3 is 2.60 bits per heavy atom. The number of amides is 1. The first-order chi connectivity index (χ1) is 14.5. The van der Waals surface area contributed by atoms with Crippen LogP contribution in [0.15, 0.2) is 54.9 Å². The number of carbonyl (C=O) groups is 1. The summed E-state index contributed by atoms with van der Waals surface area (Å²) in [5.41, 5.74) is 3.95. The lowest BCUT2D eigenvalue weighted by molar-refractivity contribution is 0.0916. The predicted molar refractivity (Wildman–Crippen MR) is 117 cm³/mol. The van der Waals surface area contributed by atoms with Gasteiger partial charge in [0.25, 0.3) is 5.91 Å². The molecule has 0 fully saturated rings. The van der Waals surface area contributed by atoms with E-state index in [1.165, 1.54) is 0 Å². The molecule has 1 unspecified atom stereocenters. The van der Waals surface area contributed by atoms with Crippen molar-refractivity contribution in [2.75, 3.05) is 0 Å². The quantitative estimate of drug-likeness (QED) is 0.496. The molecule has 3 heterocycles. The maximum atomic E-state index is 13.0. The van der Waals surface area contributed by atoms with Crippen LogP contribution in [0.5, 0.6) is 0 Å². The molecule has 0 spiro atoms. The molecule has 0 saturated heterocycles. The number of H-pyrrole nitrogens is 1. The van der Waals surface area contributed by atoms with Crippen LogP contribution in [-0.2, 0) is 0 Å². The van der Waals surface area contributed by atoms with Gasteiger partial charge in [-0.3, -0.25) is 14.9 Å². The minimum Gasteiger partial charge on any atom is -0.340 e. The maximum absolute atomic E-state index is 13.0. The van der Waals surface area contributed by atoms with Crippen molar-refractivity contribution in [3.63, 3.8) is 0 Å². The highest BCUT2D eigenvalue weighted by Crippen LogP contribution is 2.29. The van der Waals surface area contributed by atoms with Crippen molar-refractivity contribution in [2.24, 2.45) is 5.92 Å². The Labute approximate surface area is 175 Å². The van der Waals surface area contributed by atoms with Gasteiger partial charge in [0.05, 0.1) is 22.8 Å². The number of hydrogen-bond acceptors (Lipinski definition) is 4. The van der Waals surface area contributed by atoms with Crippen LogP contribution < -0.4 is 5.32 Å². The molecule has 1 amide bonds. The zero-order valence-corrected chi connectivity index (χ0v) is 17.6. The van der Waals surface area contributed by atoms with Gasteiger partial charge in [0.1, 0.15) is 11.5 Å². The summed E-state index contributed by atoms with van der Waals surface area (Å²) >= 11 is 0. The number of para-hydroxylation sites is 2. The van der Waals surface area contributed by atoms with E-state index in [1.807, 2.05) is 30.3 Å². The van der Waals surface area contributed by atoms with Gasteiger partial charge in [-0.2, -0.15) is 5.10 Å². The highest BCUT2D eigenvalue weighted by Gasteiger charge is 2.27. The highest BCUT2D eigenvalue weighted by molar-refractivity contribution is 5.93. The molecule has 7 heteroatoms. The van der Waals surface area contributed by atoms with Gasteiger partial charge in [-0.15, -0.1) is 0 Å². The molecule has 0 radical (unpaired) electrons. The molecular formula is C23H26N6O. The van der Waals surface area contributed by atoms with Gasteiger partial charge in [0.15, 0.2) is 0 Å². The molecule has 7 nitrogen and oxygen atoms in total. The third-order valence-corrected chi connectivity index (χ3v) is 5.15. The fraction of sp³-hybridized carbons (Fsp3) is 0.304. The fourth-order valence-electron chi connectivity index (χ4n) is 3.67. The number of fused-ring (bicyclic) bond motifs is 1. The fourth-order valence-corrected chi connectivity index (χ4v) is 3.67. The van der Waals surface area contributed by atoms with E-state index >= 15 is 0 Å². The number of imidazole rings is 1. The number of aromatic amines is 1. The van der Waals surface area contributed by atoms with Gasteiger partial charge in [-0.1, -0.05) is 26.0 Å². The third kappa shape index (κ3) is 3.70. The monoisotopic (exact) mass is 402 g/mol. The van der Waals surface area contributed by atoms with E-state index < -0.39 is 0 Å². The Balaban J connectivity index is 1.65. The van der Waals surface area contributed by atoms with E-state index in [1.54, 1.807) is 18.5 Å². The molecule has 154 valence electrons. The topological polar surface area (TPSA) is 88.5 Å². The second-order valence-electron chi connectivity index (χ2n) is 8.03. The number of rotatable bonds is 6. The van der Waals surface area contributed by atoms with Crippen molar-refractivity contribution in [3.8, 4) is 11.3 Å². The van der Waals surface area contributed by atoms with Crippen LogP contribution in [0.1, 0.15) is 56.1 Å². The summed E-state index contributed by atoms with van der Waals surface area (Å²) in [5.74, 6) is 0.809. The standard InChI is InChI=1S/C23H26N6O/c1-14(2)21(22-25-17-9-5-6-10-20(17)29(22)15(3)4)26-23(30)19-12-18(27-28-19)16-8-7-11-24-13-16/h5-15,21H,1-4H3,(H,26,30)(H,27,28). The summed E-state index contributed by atoms with van der Waals surface area (Å²) in [4.78, 5) is 22.0. The van der Waals surface area contributed by atoms with Gasteiger partial charge >= 0.3 is 0 Å². The minimum atomic E-state index is -0.238. The Morgan fingerprint density at radius 1 is 1.10 bits per heavy atom. The highest BCUT2D eigenvalue weighted by atomic mass is 16.2. The molecule has 0 aliphatic heterocycles. The van der Waals surface area contributed by atoms with E-state index in [0.29, 0.717) is 11.4 Å². The second kappa shape index (κ2) is 8.10. The summed E-state index contributed by atoms with van der Waals surface area (Å²) in [6.07, 6.45) is 3.43. The lowest BCUT2D eigenvalue weighted by atomic mass is 10.0. The van der Waals surface area contributed by atoms with Crippen molar-refractivity contribution >= 4 is 16.9 Å². The largest absolute Gasteiger partial charge is 0.340 e. The van der Waals surface area contributed by atoms with E-state index in [9.17, 15) is 4.79 Å². The van der Waals surface area contributed by atoms with Crippen LogP contribution >= 0.6 is 0 Å². The summed E-state index contributed by atoms with van der Waals surface area (Å²) in [6.45, 7) is 8.43. The van der Waals surface area contributed by atoms with Crippen LogP contribution in [0.3, 0.4) is 0 Å². The lowest BCUT2D eigenvalue weighted by Crippen LogP contribution is -2.34. The summed E-state index contributed by atoms with van der Waals surface area (Å²) < 4.78 is 2.20. The van der Waals surface area contributed by atoms with Crippen LogP contribution in [0.4, 0.5) is 0 Å². The van der Waals surface area contributed by atoms with Crippen molar-refractivity contribution in [1.82, 2.24) is 30.0 Å². The van der Waals surface area contributed by atoms with Crippen LogP contribution in [-0.4, -0.2) is 30.6 Å². The average Bonchev–Trinajstić information content (AvgIpc) is 3.37. The third-order valence-electron chi connectivity index (χ3n) is 5.15. The van der Waals surface area contributed by atoms with E-state index in [0.717, 1.165) is 22.4 Å². The van der Waals surface area contributed by atoms with Gasteiger partial charge < -0.3 is 9.88 Å². The molecular weight excluding hydrogens is 376 g/mol. The molecule has 0 bridgehead atoms. The Morgan fingerprint density at radius 2 is 1.90 bits per heavy atom. The number of pyridine rings is 1.